The normalized spacial score (nSPS) is 18.8. The van der Waals surface area contributed by atoms with Crippen molar-refractivity contribution in [2.75, 3.05) is 13.2 Å². The van der Waals surface area contributed by atoms with E-state index in [0.717, 1.165) is 12.8 Å². The molecule has 1 atom stereocenters. The molecule has 1 saturated carbocycles. The van der Waals surface area contributed by atoms with Crippen LogP contribution in [0.1, 0.15) is 32.6 Å². The molecule has 4 nitrogen and oxygen atoms in total. The van der Waals surface area contributed by atoms with Crippen LogP contribution in [0.4, 0.5) is 0 Å². The summed E-state index contributed by atoms with van der Waals surface area (Å²) in [5, 5.41) is 8.87. The monoisotopic (exact) mass is 200 g/mol. The quantitative estimate of drug-likeness (QED) is 0.661. The average molecular weight is 200 g/mol. The number of hydrogen-bond donors (Lipinski definition) is 2. The highest BCUT2D eigenvalue weighted by molar-refractivity contribution is 5.82. The minimum absolute atomic E-state index is 0.00810. The third-order valence-electron chi connectivity index (χ3n) is 2.90. The number of nitrogens with zero attached hydrogens (tertiary/aromatic N) is 1. The summed E-state index contributed by atoms with van der Waals surface area (Å²) in [5.74, 6) is -0.00810. The van der Waals surface area contributed by atoms with Crippen LogP contribution in [0, 0.1) is 0 Å². The van der Waals surface area contributed by atoms with Crippen molar-refractivity contribution in [3.63, 3.8) is 0 Å². The maximum atomic E-state index is 11.8. The molecule has 1 fully saturated rings. The molecule has 0 aromatic heterocycles. The lowest BCUT2D eigenvalue weighted by Crippen LogP contribution is -2.51. The molecule has 0 aromatic carbocycles. The minimum atomic E-state index is -0.401. The van der Waals surface area contributed by atoms with Crippen LogP contribution < -0.4 is 5.73 Å². The van der Waals surface area contributed by atoms with Crippen LogP contribution in [0.15, 0.2) is 0 Å². The number of aliphatic hydroxyl groups excluding tert-OH is 1. The topological polar surface area (TPSA) is 66.6 Å². The molecule has 4 heteroatoms. The van der Waals surface area contributed by atoms with Gasteiger partial charge >= 0.3 is 0 Å². The predicted molar refractivity (Wildman–Crippen MR) is 54.7 cm³/mol. The Hall–Kier alpha value is -0.610. The number of hydrogen-bond acceptors (Lipinski definition) is 3. The van der Waals surface area contributed by atoms with Crippen molar-refractivity contribution < 1.29 is 9.90 Å². The van der Waals surface area contributed by atoms with Gasteiger partial charge in [-0.05, 0) is 25.7 Å². The first-order chi connectivity index (χ1) is 6.70. The van der Waals surface area contributed by atoms with Crippen molar-refractivity contribution in [2.24, 2.45) is 5.73 Å². The molecule has 82 valence electrons. The van der Waals surface area contributed by atoms with Crippen LogP contribution >= 0.6 is 0 Å². The molecule has 0 bridgehead atoms. The number of carbonyl (C=O) groups is 1. The zero-order valence-electron chi connectivity index (χ0n) is 8.78. The molecular weight excluding hydrogens is 180 g/mol. The molecule has 0 saturated heterocycles. The van der Waals surface area contributed by atoms with Gasteiger partial charge in [0.2, 0.25) is 5.91 Å². The summed E-state index contributed by atoms with van der Waals surface area (Å²) in [6.45, 7) is 2.36. The van der Waals surface area contributed by atoms with Gasteiger partial charge in [-0.25, -0.2) is 0 Å². The Kier molecular flexibility index (Phi) is 4.35. The highest BCUT2D eigenvalue weighted by Crippen LogP contribution is 2.25. The Morgan fingerprint density at radius 3 is 2.64 bits per heavy atom. The molecular formula is C10H20N2O2. The molecule has 3 N–H and O–H groups in total. The molecule has 1 aliphatic rings. The number of amides is 1. The van der Waals surface area contributed by atoms with Crippen LogP contribution in [-0.4, -0.2) is 41.1 Å². The average Bonchev–Trinajstić information content (AvgIpc) is 2.12. The summed E-state index contributed by atoms with van der Waals surface area (Å²) >= 11 is 0. The fourth-order valence-electron chi connectivity index (χ4n) is 1.67. The van der Waals surface area contributed by atoms with E-state index in [1.165, 1.54) is 6.42 Å². The van der Waals surface area contributed by atoms with Crippen LogP contribution in [0.3, 0.4) is 0 Å². The van der Waals surface area contributed by atoms with Gasteiger partial charge in [-0.2, -0.15) is 0 Å². The summed E-state index contributed by atoms with van der Waals surface area (Å²) in [4.78, 5) is 13.5. The van der Waals surface area contributed by atoms with Gasteiger partial charge in [-0.3, -0.25) is 4.79 Å². The summed E-state index contributed by atoms with van der Waals surface area (Å²) < 4.78 is 0. The van der Waals surface area contributed by atoms with Crippen LogP contribution in [0.2, 0.25) is 0 Å². The zero-order chi connectivity index (χ0) is 10.6. The molecule has 0 unspecified atom stereocenters. The van der Waals surface area contributed by atoms with Crippen LogP contribution in [-0.2, 0) is 4.79 Å². The third kappa shape index (κ3) is 2.45. The van der Waals surface area contributed by atoms with Crippen LogP contribution in [0.25, 0.3) is 0 Å². The zero-order valence-corrected chi connectivity index (χ0v) is 8.78. The van der Waals surface area contributed by atoms with Gasteiger partial charge in [0.05, 0.1) is 12.6 Å². The maximum absolute atomic E-state index is 11.8. The van der Waals surface area contributed by atoms with Crippen molar-refractivity contribution in [3.8, 4) is 0 Å². The number of carbonyl (C=O) groups excluding carboxylic acids is 1. The summed E-state index contributed by atoms with van der Waals surface area (Å²) in [6.07, 6.45) is 3.96. The SMILES string of the molecule is CC[C@H](N)C(=O)N(CCO)C1CCC1. The first kappa shape index (κ1) is 11.5. The van der Waals surface area contributed by atoms with Gasteiger partial charge < -0.3 is 15.7 Å². The Morgan fingerprint density at radius 2 is 2.29 bits per heavy atom. The van der Waals surface area contributed by atoms with Gasteiger partial charge in [0.15, 0.2) is 0 Å². The van der Waals surface area contributed by atoms with E-state index in [9.17, 15) is 4.79 Å². The standard InChI is InChI=1S/C10H20N2O2/c1-2-9(11)10(14)12(6-7-13)8-4-3-5-8/h8-9,13H,2-7,11H2,1H3/t9-/m0/s1. The Labute approximate surface area is 85.1 Å². The summed E-state index contributed by atoms with van der Waals surface area (Å²) in [7, 11) is 0. The molecule has 0 aliphatic heterocycles. The summed E-state index contributed by atoms with van der Waals surface area (Å²) in [6, 6.07) is -0.0746. The van der Waals surface area contributed by atoms with Gasteiger partial charge in [0, 0.05) is 12.6 Å². The number of nitrogens with two attached hydrogens (primary N) is 1. The van der Waals surface area contributed by atoms with E-state index in [0.29, 0.717) is 19.0 Å². The largest absolute Gasteiger partial charge is 0.395 e. The van der Waals surface area contributed by atoms with E-state index >= 15 is 0 Å². The molecule has 0 spiro atoms. The fraction of sp³-hybridized carbons (Fsp3) is 0.900. The lowest BCUT2D eigenvalue weighted by atomic mass is 9.91. The summed E-state index contributed by atoms with van der Waals surface area (Å²) in [5.41, 5.74) is 5.69. The van der Waals surface area contributed by atoms with Gasteiger partial charge in [-0.1, -0.05) is 6.92 Å². The Bertz CT molecular complexity index is 193. The predicted octanol–water partition coefficient (Wildman–Crippen LogP) is 0.0971. The minimum Gasteiger partial charge on any atom is -0.395 e. The van der Waals surface area contributed by atoms with E-state index < -0.39 is 6.04 Å². The number of rotatable bonds is 5. The second-order valence-electron chi connectivity index (χ2n) is 3.85. The van der Waals surface area contributed by atoms with Crippen molar-refractivity contribution >= 4 is 5.91 Å². The van der Waals surface area contributed by atoms with Gasteiger partial charge in [-0.15, -0.1) is 0 Å². The van der Waals surface area contributed by atoms with E-state index in [2.05, 4.69) is 0 Å². The molecule has 0 aromatic rings. The first-order valence-corrected chi connectivity index (χ1v) is 5.37. The molecule has 0 heterocycles. The second-order valence-corrected chi connectivity index (χ2v) is 3.85. The highest BCUT2D eigenvalue weighted by Gasteiger charge is 2.30. The van der Waals surface area contributed by atoms with E-state index in [-0.39, 0.29) is 12.5 Å². The lowest BCUT2D eigenvalue weighted by molar-refractivity contribution is -0.137. The van der Waals surface area contributed by atoms with Crippen molar-refractivity contribution in [2.45, 2.75) is 44.7 Å². The van der Waals surface area contributed by atoms with E-state index in [1.54, 1.807) is 4.90 Å². The fourth-order valence-corrected chi connectivity index (χ4v) is 1.67. The van der Waals surface area contributed by atoms with Crippen molar-refractivity contribution in [1.29, 1.82) is 0 Å². The molecule has 1 rings (SSSR count). The first-order valence-electron chi connectivity index (χ1n) is 5.37. The smallest absolute Gasteiger partial charge is 0.239 e. The Morgan fingerprint density at radius 1 is 1.64 bits per heavy atom. The van der Waals surface area contributed by atoms with E-state index in [1.807, 2.05) is 6.92 Å². The molecule has 14 heavy (non-hydrogen) atoms. The van der Waals surface area contributed by atoms with Crippen molar-refractivity contribution in [3.05, 3.63) is 0 Å². The van der Waals surface area contributed by atoms with Gasteiger partial charge in [0.1, 0.15) is 0 Å². The van der Waals surface area contributed by atoms with Crippen LogP contribution in [0.5, 0.6) is 0 Å². The molecule has 1 aliphatic carbocycles. The third-order valence-corrected chi connectivity index (χ3v) is 2.90. The van der Waals surface area contributed by atoms with Crippen molar-refractivity contribution in [1.82, 2.24) is 4.90 Å². The van der Waals surface area contributed by atoms with E-state index in [4.69, 9.17) is 10.8 Å². The molecule has 1 amide bonds. The highest BCUT2D eigenvalue weighted by atomic mass is 16.3. The second kappa shape index (κ2) is 5.32. The Balaban J connectivity index is 2.51. The lowest BCUT2D eigenvalue weighted by Gasteiger charge is -2.38. The van der Waals surface area contributed by atoms with Gasteiger partial charge in [0.25, 0.3) is 0 Å². The maximum Gasteiger partial charge on any atom is 0.239 e. The number of aliphatic hydroxyl groups is 1. The molecule has 0 radical (unpaired) electrons.